The Morgan fingerprint density at radius 3 is 2.15 bits per heavy atom. The second-order valence-corrected chi connectivity index (χ2v) is 9.27. The van der Waals surface area contributed by atoms with E-state index in [2.05, 4.69) is 0 Å². The Hall–Kier alpha value is -1.95. The Bertz CT molecular complexity index is 1060. The van der Waals surface area contributed by atoms with Crippen molar-refractivity contribution < 1.29 is 36.2 Å². The first-order valence-electron chi connectivity index (χ1n) is 9.45. The summed E-state index contributed by atoms with van der Waals surface area (Å²) in [7, 11) is 0. The first-order valence-corrected chi connectivity index (χ1v) is 11.2. The van der Waals surface area contributed by atoms with Crippen molar-refractivity contribution in [2.24, 2.45) is 0 Å². The molecule has 4 nitrogen and oxygen atoms in total. The van der Waals surface area contributed by atoms with Crippen molar-refractivity contribution in [1.82, 2.24) is 5.32 Å². The highest BCUT2D eigenvalue weighted by Gasteiger charge is 2.61. The normalized spacial score (nSPS) is 13.9. The van der Waals surface area contributed by atoms with Crippen LogP contribution >= 0.6 is 35.0 Å². The summed E-state index contributed by atoms with van der Waals surface area (Å²) < 4.78 is 78.2. The molecule has 1 amide bonds. The average Bonchev–Trinajstić information content (AvgIpc) is 2.69. The molecule has 4 N–H and O–H groups in total. The van der Waals surface area contributed by atoms with E-state index in [9.17, 15) is 31.1 Å². The van der Waals surface area contributed by atoms with Crippen molar-refractivity contribution in [2.75, 3.05) is 12.3 Å². The van der Waals surface area contributed by atoms with Crippen molar-refractivity contribution in [1.29, 1.82) is 5.41 Å². The zero-order valence-electron chi connectivity index (χ0n) is 17.4. The second kappa shape index (κ2) is 10.8. The SMILES string of the molecule is Cc1cc(C(=N)C[C@]([OH2+])(c2cc(Cl)cc(Cl)c2)C(F)(F)F)ccc1SCC(=O)NCC(F)(F)F. The Morgan fingerprint density at radius 1 is 1.06 bits per heavy atom. The average molecular weight is 548 g/mol. The van der Waals surface area contributed by atoms with Crippen molar-refractivity contribution in [3.63, 3.8) is 0 Å². The molecule has 0 aliphatic rings. The summed E-state index contributed by atoms with van der Waals surface area (Å²) in [5, 5.41) is 18.0. The Balaban J connectivity index is 2.18. The molecule has 0 bridgehead atoms. The summed E-state index contributed by atoms with van der Waals surface area (Å²) in [6, 6.07) is 7.42. The molecule has 0 saturated heterocycles. The molecule has 2 rings (SSSR count). The van der Waals surface area contributed by atoms with Crippen LogP contribution in [0.25, 0.3) is 0 Å². The molecule has 13 heteroatoms. The van der Waals surface area contributed by atoms with Crippen LogP contribution in [0.5, 0.6) is 0 Å². The van der Waals surface area contributed by atoms with E-state index in [0.717, 1.165) is 23.9 Å². The number of hydrogen-bond donors (Lipinski definition) is 2. The van der Waals surface area contributed by atoms with E-state index in [-0.39, 0.29) is 21.4 Å². The van der Waals surface area contributed by atoms with E-state index in [0.29, 0.717) is 10.5 Å². The van der Waals surface area contributed by atoms with Crippen molar-refractivity contribution >= 4 is 46.6 Å². The zero-order valence-corrected chi connectivity index (χ0v) is 19.8. The minimum atomic E-state index is -5.04. The molecule has 2 aromatic carbocycles. The summed E-state index contributed by atoms with van der Waals surface area (Å²) in [5.74, 6) is -1.13. The van der Waals surface area contributed by atoms with Gasteiger partial charge in [-0.3, -0.25) is 4.79 Å². The van der Waals surface area contributed by atoms with Gasteiger partial charge in [0.15, 0.2) is 0 Å². The number of aryl methyl sites for hydroxylation is 1. The molecule has 0 saturated carbocycles. The maximum absolute atomic E-state index is 13.9. The highest BCUT2D eigenvalue weighted by Crippen LogP contribution is 2.44. The van der Waals surface area contributed by atoms with Crippen LogP contribution in [0.3, 0.4) is 0 Å². The van der Waals surface area contributed by atoms with Gasteiger partial charge in [-0.05, 0) is 48.4 Å². The van der Waals surface area contributed by atoms with Crippen molar-refractivity contribution in [3.8, 4) is 0 Å². The summed E-state index contributed by atoms with van der Waals surface area (Å²) >= 11 is 12.6. The van der Waals surface area contributed by atoms with Gasteiger partial charge in [0.2, 0.25) is 5.91 Å². The summed E-state index contributed by atoms with van der Waals surface area (Å²) in [6.07, 6.45) is -10.6. The van der Waals surface area contributed by atoms with Crippen molar-refractivity contribution in [3.05, 3.63) is 63.1 Å². The fraction of sp³-hybridized carbons (Fsp3) is 0.333. The Morgan fingerprint density at radius 2 is 1.65 bits per heavy atom. The van der Waals surface area contributed by atoms with Crippen molar-refractivity contribution in [2.45, 2.75) is 36.2 Å². The number of halogens is 8. The number of carbonyl (C=O) groups excluding carboxylic acids is 1. The van der Waals surface area contributed by atoms with Gasteiger partial charge in [0.25, 0.3) is 5.60 Å². The minimum Gasteiger partial charge on any atom is -0.430 e. The van der Waals surface area contributed by atoms with Crippen LogP contribution in [-0.2, 0) is 10.4 Å². The van der Waals surface area contributed by atoms with Gasteiger partial charge in [-0.2, -0.15) is 26.3 Å². The first-order chi connectivity index (χ1) is 15.5. The third-order valence-corrected chi connectivity index (χ3v) is 6.26. The summed E-state index contributed by atoms with van der Waals surface area (Å²) in [6.45, 7) is 0.134. The third-order valence-electron chi connectivity index (χ3n) is 4.65. The van der Waals surface area contributed by atoms with Gasteiger partial charge in [-0.15, -0.1) is 11.8 Å². The maximum Gasteiger partial charge on any atom is 0.470 e. The molecule has 2 aromatic rings. The lowest BCUT2D eigenvalue weighted by atomic mass is 9.85. The van der Waals surface area contributed by atoms with Gasteiger partial charge in [-0.25, -0.2) is 0 Å². The molecule has 0 spiro atoms. The third kappa shape index (κ3) is 7.53. The minimum absolute atomic E-state index is 0.0774. The number of alkyl halides is 6. The van der Waals surface area contributed by atoms with Crippen LogP contribution in [0.4, 0.5) is 26.3 Å². The largest absolute Gasteiger partial charge is 0.470 e. The number of benzene rings is 2. The first kappa shape index (κ1) is 28.3. The highest BCUT2D eigenvalue weighted by molar-refractivity contribution is 8.00. The van der Waals surface area contributed by atoms with Gasteiger partial charge >= 0.3 is 12.4 Å². The Kier molecular flexibility index (Phi) is 8.95. The fourth-order valence-corrected chi connectivity index (χ4v) is 4.29. The molecule has 0 fully saturated rings. The molecule has 186 valence electrons. The number of nitrogens with one attached hydrogen (secondary N) is 2. The standard InChI is InChI=1S/C21H18Cl2F6N2O2S/c1-11-4-12(2-3-17(11)34-9-18(32)31-10-20(24,25)26)16(30)8-19(33,21(27,28)29)13-5-14(22)7-15(23)6-13/h2-7,30,33H,8-10H2,1H3,(H,31,32)/p+1/t19-/m0/s1. The molecule has 0 heterocycles. The molecular weight excluding hydrogens is 529 g/mol. The van der Waals surface area contributed by atoms with E-state index in [1.807, 2.05) is 0 Å². The van der Waals surface area contributed by atoms with E-state index in [1.165, 1.54) is 24.3 Å². The van der Waals surface area contributed by atoms with Crippen LogP contribution in [-0.4, -0.2) is 41.4 Å². The van der Waals surface area contributed by atoms with Crippen LogP contribution in [0.1, 0.15) is 23.1 Å². The second-order valence-electron chi connectivity index (χ2n) is 7.38. The topological polar surface area (TPSA) is 75.8 Å². The molecule has 1 atom stereocenters. The van der Waals surface area contributed by atoms with E-state index in [4.69, 9.17) is 33.7 Å². The molecule has 0 aromatic heterocycles. The lowest BCUT2D eigenvalue weighted by molar-refractivity contribution is -0.263. The van der Waals surface area contributed by atoms with Gasteiger partial charge in [0.1, 0.15) is 6.54 Å². The summed E-state index contributed by atoms with van der Waals surface area (Å²) in [4.78, 5) is 12.1. The highest BCUT2D eigenvalue weighted by atomic mass is 35.5. The fourth-order valence-electron chi connectivity index (χ4n) is 2.93. The van der Waals surface area contributed by atoms with Gasteiger partial charge in [0, 0.05) is 26.2 Å². The van der Waals surface area contributed by atoms with Gasteiger partial charge in [-0.1, -0.05) is 29.3 Å². The predicted molar refractivity (Wildman–Crippen MR) is 120 cm³/mol. The quantitative estimate of drug-likeness (QED) is 0.184. The van der Waals surface area contributed by atoms with Crippen LogP contribution in [0.2, 0.25) is 10.0 Å². The number of carbonyl (C=O) groups is 1. The molecule has 0 unspecified atom stereocenters. The van der Waals surface area contributed by atoms with E-state index >= 15 is 0 Å². The maximum atomic E-state index is 13.9. The molecule has 0 aliphatic carbocycles. The molecule has 0 radical (unpaired) electrons. The molecule has 34 heavy (non-hydrogen) atoms. The lowest BCUT2D eigenvalue weighted by Gasteiger charge is -2.27. The number of amides is 1. The molecular formula is C21H19Cl2F6N2O2S+. The smallest absolute Gasteiger partial charge is 0.430 e. The van der Waals surface area contributed by atoms with E-state index in [1.54, 1.807) is 12.2 Å². The number of hydrogen-bond acceptors (Lipinski definition) is 3. The predicted octanol–water partition coefficient (Wildman–Crippen LogP) is 6.01. The monoisotopic (exact) mass is 547 g/mol. The Labute approximate surface area is 205 Å². The van der Waals surface area contributed by atoms with Crippen LogP contribution < -0.4 is 5.32 Å². The summed E-state index contributed by atoms with van der Waals surface area (Å²) in [5.41, 5.74) is -3.53. The lowest BCUT2D eigenvalue weighted by Crippen LogP contribution is -2.44. The molecule has 0 aliphatic heterocycles. The van der Waals surface area contributed by atoms with Gasteiger partial charge in [0.05, 0.1) is 12.2 Å². The van der Waals surface area contributed by atoms with E-state index < -0.39 is 48.1 Å². The van der Waals surface area contributed by atoms with Crippen LogP contribution in [0.15, 0.2) is 41.3 Å². The van der Waals surface area contributed by atoms with Crippen LogP contribution in [0, 0.1) is 12.3 Å². The zero-order chi connectivity index (χ0) is 25.9. The number of rotatable bonds is 8. The van der Waals surface area contributed by atoms with Gasteiger partial charge < -0.3 is 15.8 Å². The number of thioether (sulfide) groups is 1.